The monoisotopic (exact) mass is 473 g/mol. The van der Waals surface area contributed by atoms with Gasteiger partial charge in [0, 0.05) is 24.4 Å². The minimum atomic E-state index is -3.73. The highest BCUT2D eigenvalue weighted by molar-refractivity contribution is 7.93. The maximum Gasteiger partial charge on any atom is 0.327 e. The van der Waals surface area contributed by atoms with Crippen LogP contribution in [-0.2, 0) is 17.1 Å². The molecule has 0 amide bonds. The lowest BCUT2D eigenvalue weighted by atomic mass is 10.2. The Morgan fingerprint density at radius 1 is 1.12 bits per heavy atom. The fourth-order valence-electron chi connectivity index (χ4n) is 3.82. The number of anilines is 1. The standard InChI is InChI=1S/C22H24FN5O4S/c1-13-7-6-10-17(23)18(13)32-22-25-19(15-11-14(2)20(29)28(3)12-15)24-21(26-22)27-33(30,31)16-8-4-5-9-16/h6-7,10-12,16H,4-5,8-9H2,1-3H3,(H,24,25,26,27). The fourth-order valence-corrected chi connectivity index (χ4v) is 5.29. The largest absolute Gasteiger partial charge is 0.421 e. The van der Waals surface area contributed by atoms with Gasteiger partial charge >= 0.3 is 6.01 Å². The minimum absolute atomic E-state index is 0.0732. The van der Waals surface area contributed by atoms with Gasteiger partial charge in [-0.3, -0.25) is 9.52 Å². The molecular formula is C22H24FN5O4S. The number of hydrogen-bond acceptors (Lipinski definition) is 7. The first-order valence-corrected chi connectivity index (χ1v) is 12.1. The van der Waals surface area contributed by atoms with Gasteiger partial charge in [0.25, 0.3) is 5.56 Å². The number of nitrogens with zero attached hydrogens (tertiary/aromatic N) is 4. The highest BCUT2D eigenvalue weighted by atomic mass is 32.2. The SMILES string of the molecule is Cc1cccc(F)c1Oc1nc(NS(=O)(=O)C2CCCC2)nc(-c2cc(C)c(=O)n(C)c2)n1. The van der Waals surface area contributed by atoms with Crippen molar-refractivity contribution in [1.29, 1.82) is 0 Å². The number of para-hydroxylation sites is 1. The highest BCUT2D eigenvalue weighted by Crippen LogP contribution is 2.29. The molecule has 9 nitrogen and oxygen atoms in total. The van der Waals surface area contributed by atoms with Gasteiger partial charge in [0.2, 0.25) is 16.0 Å². The van der Waals surface area contributed by atoms with E-state index in [1.165, 1.54) is 16.8 Å². The zero-order chi connectivity index (χ0) is 23.8. The molecule has 0 atom stereocenters. The molecule has 174 valence electrons. The van der Waals surface area contributed by atoms with Crippen molar-refractivity contribution in [2.24, 2.45) is 7.05 Å². The number of aryl methyl sites for hydroxylation is 3. The van der Waals surface area contributed by atoms with E-state index in [1.807, 2.05) is 0 Å². The van der Waals surface area contributed by atoms with E-state index in [2.05, 4.69) is 19.7 Å². The number of pyridine rings is 1. The second-order valence-electron chi connectivity index (χ2n) is 8.13. The number of nitrogens with one attached hydrogen (secondary N) is 1. The Balaban J connectivity index is 1.80. The first kappa shape index (κ1) is 22.8. The van der Waals surface area contributed by atoms with Gasteiger partial charge in [-0.25, -0.2) is 12.8 Å². The number of benzene rings is 1. The number of sulfonamides is 1. The van der Waals surface area contributed by atoms with Crippen molar-refractivity contribution in [1.82, 2.24) is 19.5 Å². The molecule has 2 heterocycles. The van der Waals surface area contributed by atoms with E-state index in [1.54, 1.807) is 39.1 Å². The number of ether oxygens (including phenoxy) is 1. The van der Waals surface area contributed by atoms with E-state index in [0.717, 1.165) is 12.8 Å². The Bertz CT molecular complexity index is 1320. The third-order valence-electron chi connectivity index (χ3n) is 5.57. The van der Waals surface area contributed by atoms with Crippen LogP contribution in [0.25, 0.3) is 11.4 Å². The third-order valence-corrected chi connectivity index (χ3v) is 7.38. The normalized spacial score (nSPS) is 14.4. The highest BCUT2D eigenvalue weighted by Gasteiger charge is 2.30. The van der Waals surface area contributed by atoms with Gasteiger partial charge in [0.1, 0.15) is 0 Å². The topological polar surface area (TPSA) is 116 Å². The molecule has 0 bridgehead atoms. The average Bonchev–Trinajstić information content (AvgIpc) is 3.30. The van der Waals surface area contributed by atoms with Gasteiger partial charge in [-0.1, -0.05) is 25.0 Å². The van der Waals surface area contributed by atoms with Crippen LogP contribution in [0, 0.1) is 19.7 Å². The molecule has 1 aromatic carbocycles. The quantitative estimate of drug-likeness (QED) is 0.583. The second-order valence-corrected chi connectivity index (χ2v) is 10.1. The van der Waals surface area contributed by atoms with Crippen LogP contribution in [0.2, 0.25) is 0 Å². The summed E-state index contributed by atoms with van der Waals surface area (Å²) in [7, 11) is -2.14. The van der Waals surface area contributed by atoms with Crippen LogP contribution in [0.15, 0.2) is 35.3 Å². The zero-order valence-corrected chi connectivity index (χ0v) is 19.3. The van der Waals surface area contributed by atoms with Crippen LogP contribution in [0.1, 0.15) is 36.8 Å². The first-order chi connectivity index (χ1) is 15.6. The number of hydrogen-bond donors (Lipinski definition) is 1. The van der Waals surface area contributed by atoms with Crippen LogP contribution >= 0.6 is 0 Å². The average molecular weight is 474 g/mol. The van der Waals surface area contributed by atoms with Gasteiger partial charge in [-0.15, -0.1) is 0 Å². The van der Waals surface area contributed by atoms with Crippen molar-refractivity contribution in [3.05, 3.63) is 57.8 Å². The Morgan fingerprint density at radius 2 is 1.85 bits per heavy atom. The van der Waals surface area contributed by atoms with Gasteiger partial charge in [-0.2, -0.15) is 15.0 Å². The molecule has 1 N–H and O–H groups in total. The zero-order valence-electron chi connectivity index (χ0n) is 18.5. The van der Waals surface area contributed by atoms with Crippen molar-refractivity contribution in [2.45, 2.75) is 44.8 Å². The predicted octanol–water partition coefficient (Wildman–Crippen LogP) is 3.47. The molecule has 1 saturated carbocycles. The molecule has 1 aliphatic carbocycles. The molecule has 0 unspecified atom stereocenters. The number of halogens is 1. The molecule has 3 aromatic rings. The van der Waals surface area contributed by atoms with Crippen LogP contribution in [0.4, 0.5) is 10.3 Å². The molecule has 4 rings (SSSR count). The smallest absolute Gasteiger partial charge is 0.327 e. The van der Waals surface area contributed by atoms with Crippen molar-refractivity contribution in [3.63, 3.8) is 0 Å². The lowest BCUT2D eigenvalue weighted by Crippen LogP contribution is -2.26. The number of aromatic nitrogens is 4. The summed E-state index contributed by atoms with van der Waals surface area (Å²) in [4.78, 5) is 24.7. The van der Waals surface area contributed by atoms with Crippen LogP contribution in [0.3, 0.4) is 0 Å². The van der Waals surface area contributed by atoms with E-state index in [-0.39, 0.29) is 29.1 Å². The van der Waals surface area contributed by atoms with E-state index < -0.39 is 21.1 Å². The summed E-state index contributed by atoms with van der Waals surface area (Å²) < 4.78 is 49.4. The maximum atomic E-state index is 14.3. The lowest BCUT2D eigenvalue weighted by molar-refractivity contribution is 0.407. The lowest BCUT2D eigenvalue weighted by Gasteiger charge is -2.14. The third kappa shape index (κ3) is 4.87. The Hall–Kier alpha value is -3.34. The summed E-state index contributed by atoms with van der Waals surface area (Å²) in [6.07, 6.45) is 4.33. The summed E-state index contributed by atoms with van der Waals surface area (Å²) in [5.74, 6) is -0.835. The molecule has 0 spiro atoms. The van der Waals surface area contributed by atoms with E-state index in [9.17, 15) is 17.6 Å². The Kier molecular flexibility index (Phi) is 6.15. The summed E-state index contributed by atoms with van der Waals surface area (Å²) in [5, 5.41) is -0.532. The minimum Gasteiger partial charge on any atom is -0.421 e. The summed E-state index contributed by atoms with van der Waals surface area (Å²) in [6, 6.07) is 5.77. The predicted molar refractivity (Wildman–Crippen MR) is 121 cm³/mol. The van der Waals surface area contributed by atoms with Gasteiger partial charge in [0.15, 0.2) is 17.4 Å². The Morgan fingerprint density at radius 3 is 2.52 bits per heavy atom. The molecule has 0 radical (unpaired) electrons. The molecule has 0 aliphatic heterocycles. The Labute approximate surface area is 190 Å². The van der Waals surface area contributed by atoms with Gasteiger partial charge < -0.3 is 9.30 Å². The summed E-state index contributed by atoms with van der Waals surface area (Å²) >= 11 is 0. The van der Waals surface area contributed by atoms with Crippen molar-refractivity contribution in [2.75, 3.05) is 4.72 Å². The molecule has 33 heavy (non-hydrogen) atoms. The van der Waals surface area contributed by atoms with Crippen molar-refractivity contribution in [3.8, 4) is 23.1 Å². The first-order valence-electron chi connectivity index (χ1n) is 10.5. The second kappa shape index (κ2) is 8.89. The molecular weight excluding hydrogens is 449 g/mol. The fraction of sp³-hybridized carbons (Fsp3) is 0.364. The molecule has 2 aromatic heterocycles. The van der Waals surface area contributed by atoms with E-state index in [0.29, 0.717) is 29.5 Å². The van der Waals surface area contributed by atoms with E-state index >= 15 is 0 Å². The maximum absolute atomic E-state index is 14.3. The van der Waals surface area contributed by atoms with Gasteiger partial charge in [-0.05, 0) is 44.4 Å². The van der Waals surface area contributed by atoms with Crippen LogP contribution in [-0.4, -0.2) is 33.2 Å². The molecule has 1 aliphatic rings. The van der Waals surface area contributed by atoms with Crippen LogP contribution < -0.4 is 15.0 Å². The van der Waals surface area contributed by atoms with Gasteiger partial charge in [0.05, 0.1) is 5.25 Å². The summed E-state index contributed by atoms with van der Waals surface area (Å²) in [5.41, 5.74) is 1.24. The van der Waals surface area contributed by atoms with E-state index in [4.69, 9.17) is 4.74 Å². The molecule has 11 heteroatoms. The van der Waals surface area contributed by atoms with Crippen LogP contribution in [0.5, 0.6) is 11.8 Å². The van der Waals surface area contributed by atoms with Crippen molar-refractivity contribution < 1.29 is 17.5 Å². The molecule has 1 fully saturated rings. The summed E-state index contributed by atoms with van der Waals surface area (Å²) in [6.45, 7) is 3.32. The van der Waals surface area contributed by atoms with Crippen molar-refractivity contribution >= 4 is 16.0 Å². The number of rotatable bonds is 6. The molecule has 0 saturated heterocycles.